The van der Waals surface area contributed by atoms with E-state index in [2.05, 4.69) is 0 Å². The standard InChI is InChI=1S/C15H14FNO/c16-14-7-5-12(6-8-14)13-3-1-2-11(10-13)4-9-15(17)18/h1-3,5-8,10H,4,9H2,(H2,17,18). The van der Waals surface area contributed by atoms with Crippen molar-refractivity contribution in [2.75, 3.05) is 0 Å². The third-order valence-electron chi connectivity index (χ3n) is 2.76. The van der Waals surface area contributed by atoms with Crippen molar-refractivity contribution in [3.63, 3.8) is 0 Å². The predicted octanol–water partition coefficient (Wildman–Crippen LogP) is 2.91. The van der Waals surface area contributed by atoms with Crippen molar-refractivity contribution in [3.8, 4) is 11.1 Å². The summed E-state index contributed by atoms with van der Waals surface area (Å²) in [5.41, 5.74) is 8.14. The number of nitrogens with two attached hydrogens (primary N) is 1. The van der Waals surface area contributed by atoms with Gasteiger partial charge in [-0.15, -0.1) is 0 Å². The first kappa shape index (κ1) is 12.3. The summed E-state index contributed by atoms with van der Waals surface area (Å²) >= 11 is 0. The molecule has 0 heterocycles. The summed E-state index contributed by atoms with van der Waals surface area (Å²) in [6.45, 7) is 0. The van der Waals surface area contributed by atoms with Crippen LogP contribution in [0.2, 0.25) is 0 Å². The Hall–Kier alpha value is -2.16. The van der Waals surface area contributed by atoms with E-state index >= 15 is 0 Å². The third kappa shape index (κ3) is 3.17. The second-order valence-electron chi connectivity index (χ2n) is 4.17. The van der Waals surface area contributed by atoms with E-state index in [4.69, 9.17) is 5.73 Å². The van der Waals surface area contributed by atoms with Crippen LogP contribution in [0.4, 0.5) is 4.39 Å². The third-order valence-corrected chi connectivity index (χ3v) is 2.76. The highest BCUT2D eigenvalue weighted by molar-refractivity contribution is 5.74. The lowest BCUT2D eigenvalue weighted by molar-refractivity contribution is -0.117. The molecule has 18 heavy (non-hydrogen) atoms. The van der Waals surface area contributed by atoms with Gasteiger partial charge in [0.15, 0.2) is 0 Å². The molecule has 0 unspecified atom stereocenters. The Bertz CT molecular complexity index is 549. The summed E-state index contributed by atoms with van der Waals surface area (Å²) in [7, 11) is 0. The highest BCUT2D eigenvalue weighted by Crippen LogP contribution is 2.21. The molecule has 2 aromatic rings. The number of hydrogen-bond donors (Lipinski definition) is 1. The normalized spacial score (nSPS) is 10.3. The van der Waals surface area contributed by atoms with E-state index in [0.29, 0.717) is 12.8 Å². The van der Waals surface area contributed by atoms with E-state index in [1.165, 1.54) is 12.1 Å². The van der Waals surface area contributed by atoms with Gasteiger partial charge in [-0.3, -0.25) is 4.79 Å². The molecule has 92 valence electrons. The topological polar surface area (TPSA) is 43.1 Å². The zero-order valence-electron chi connectivity index (χ0n) is 9.90. The van der Waals surface area contributed by atoms with E-state index in [1.807, 2.05) is 24.3 Å². The molecule has 0 saturated carbocycles. The maximum Gasteiger partial charge on any atom is 0.217 e. The fourth-order valence-electron chi connectivity index (χ4n) is 1.82. The molecule has 2 N–H and O–H groups in total. The van der Waals surface area contributed by atoms with Crippen LogP contribution in [0.1, 0.15) is 12.0 Å². The minimum atomic E-state index is -0.304. The minimum absolute atomic E-state index is 0.247. The fourth-order valence-corrected chi connectivity index (χ4v) is 1.82. The van der Waals surface area contributed by atoms with Crippen molar-refractivity contribution >= 4 is 5.91 Å². The zero-order chi connectivity index (χ0) is 13.0. The molecule has 0 aromatic heterocycles. The van der Waals surface area contributed by atoms with Crippen LogP contribution in [0.5, 0.6) is 0 Å². The lowest BCUT2D eigenvalue weighted by Gasteiger charge is -2.05. The first-order valence-electron chi connectivity index (χ1n) is 5.78. The van der Waals surface area contributed by atoms with Crippen molar-refractivity contribution < 1.29 is 9.18 Å². The van der Waals surface area contributed by atoms with Crippen LogP contribution >= 0.6 is 0 Å². The largest absolute Gasteiger partial charge is 0.370 e. The summed E-state index contributed by atoms with van der Waals surface area (Å²) in [5.74, 6) is -0.550. The van der Waals surface area contributed by atoms with E-state index < -0.39 is 0 Å². The molecule has 3 heteroatoms. The van der Waals surface area contributed by atoms with Gasteiger partial charge in [0.25, 0.3) is 0 Å². The molecular weight excluding hydrogens is 229 g/mol. The molecule has 0 spiro atoms. The molecule has 0 aliphatic carbocycles. The second-order valence-corrected chi connectivity index (χ2v) is 4.17. The van der Waals surface area contributed by atoms with Gasteiger partial charge in [-0.2, -0.15) is 0 Å². The number of halogens is 1. The van der Waals surface area contributed by atoms with Crippen LogP contribution in [-0.4, -0.2) is 5.91 Å². The van der Waals surface area contributed by atoms with Gasteiger partial charge in [0.2, 0.25) is 5.91 Å². The van der Waals surface area contributed by atoms with Crippen molar-refractivity contribution in [2.24, 2.45) is 5.73 Å². The highest BCUT2D eigenvalue weighted by Gasteiger charge is 2.01. The van der Waals surface area contributed by atoms with E-state index in [0.717, 1.165) is 16.7 Å². The molecule has 0 bridgehead atoms. The van der Waals surface area contributed by atoms with Gasteiger partial charge in [-0.25, -0.2) is 4.39 Å². The molecule has 0 saturated heterocycles. The molecule has 0 atom stereocenters. The Morgan fingerprint density at radius 2 is 1.78 bits per heavy atom. The number of benzene rings is 2. The van der Waals surface area contributed by atoms with Crippen molar-refractivity contribution in [1.82, 2.24) is 0 Å². The van der Waals surface area contributed by atoms with E-state index in [-0.39, 0.29) is 11.7 Å². The van der Waals surface area contributed by atoms with Gasteiger partial charge >= 0.3 is 0 Å². The van der Waals surface area contributed by atoms with Crippen LogP contribution in [0.3, 0.4) is 0 Å². The molecule has 1 amide bonds. The van der Waals surface area contributed by atoms with Crippen LogP contribution < -0.4 is 5.73 Å². The molecule has 0 aliphatic rings. The van der Waals surface area contributed by atoms with Gasteiger partial charge in [-0.05, 0) is 35.2 Å². The SMILES string of the molecule is NC(=O)CCc1cccc(-c2ccc(F)cc2)c1. The Balaban J connectivity index is 2.21. The number of primary amides is 1. The molecule has 2 rings (SSSR count). The summed E-state index contributed by atoms with van der Waals surface area (Å²) in [6, 6.07) is 14.2. The lowest BCUT2D eigenvalue weighted by Crippen LogP contribution is -2.11. The van der Waals surface area contributed by atoms with Gasteiger partial charge in [0.1, 0.15) is 5.82 Å². The first-order valence-corrected chi connectivity index (χ1v) is 5.78. The Morgan fingerprint density at radius 1 is 1.06 bits per heavy atom. The van der Waals surface area contributed by atoms with Gasteiger partial charge in [0.05, 0.1) is 0 Å². The van der Waals surface area contributed by atoms with Crippen LogP contribution in [-0.2, 0) is 11.2 Å². The number of hydrogen-bond acceptors (Lipinski definition) is 1. The monoisotopic (exact) mass is 243 g/mol. The summed E-state index contributed by atoms with van der Waals surface area (Å²) in [6.07, 6.45) is 0.969. The van der Waals surface area contributed by atoms with Crippen molar-refractivity contribution in [2.45, 2.75) is 12.8 Å². The van der Waals surface area contributed by atoms with E-state index in [1.54, 1.807) is 12.1 Å². The summed E-state index contributed by atoms with van der Waals surface area (Å²) in [5, 5.41) is 0. The molecule has 2 aromatic carbocycles. The number of aryl methyl sites for hydroxylation is 1. The molecular formula is C15H14FNO. The van der Waals surface area contributed by atoms with Gasteiger partial charge in [0, 0.05) is 6.42 Å². The Labute approximate surface area is 105 Å². The highest BCUT2D eigenvalue weighted by atomic mass is 19.1. The Morgan fingerprint density at radius 3 is 2.44 bits per heavy atom. The average Bonchev–Trinajstić information content (AvgIpc) is 2.37. The van der Waals surface area contributed by atoms with Gasteiger partial charge < -0.3 is 5.73 Å². The second kappa shape index (κ2) is 5.45. The average molecular weight is 243 g/mol. The summed E-state index contributed by atoms with van der Waals surface area (Å²) < 4.78 is 12.8. The summed E-state index contributed by atoms with van der Waals surface area (Å²) in [4.78, 5) is 10.7. The fraction of sp³-hybridized carbons (Fsp3) is 0.133. The minimum Gasteiger partial charge on any atom is -0.370 e. The van der Waals surface area contributed by atoms with Crippen LogP contribution in [0.15, 0.2) is 48.5 Å². The number of carbonyl (C=O) groups excluding carboxylic acids is 1. The molecule has 0 fully saturated rings. The molecule has 2 nitrogen and oxygen atoms in total. The van der Waals surface area contributed by atoms with Crippen molar-refractivity contribution in [1.29, 1.82) is 0 Å². The molecule has 0 radical (unpaired) electrons. The predicted molar refractivity (Wildman–Crippen MR) is 69.4 cm³/mol. The van der Waals surface area contributed by atoms with Gasteiger partial charge in [-0.1, -0.05) is 36.4 Å². The lowest BCUT2D eigenvalue weighted by atomic mass is 10.0. The van der Waals surface area contributed by atoms with Crippen LogP contribution in [0.25, 0.3) is 11.1 Å². The maximum absolute atomic E-state index is 12.8. The Kier molecular flexibility index (Phi) is 3.72. The van der Waals surface area contributed by atoms with E-state index in [9.17, 15) is 9.18 Å². The smallest absolute Gasteiger partial charge is 0.217 e. The maximum atomic E-state index is 12.8. The van der Waals surface area contributed by atoms with Crippen LogP contribution in [0, 0.1) is 5.82 Å². The zero-order valence-corrected chi connectivity index (χ0v) is 9.90. The first-order chi connectivity index (χ1) is 8.65. The number of rotatable bonds is 4. The van der Waals surface area contributed by atoms with Crippen molar-refractivity contribution in [3.05, 3.63) is 59.9 Å². The number of carbonyl (C=O) groups is 1. The number of amides is 1. The molecule has 0 aliphatic heterocycles. The quantitative estimate of drug-likeness (QED) is 0.881.